The largest absolute Gasteiger partial charge is 0.381 e. The molecule has 1 unspecified atom stereocenters. The fraction of sp³-hybridized carbons (Fsp3) is 0.423. The molecule has 0 radical (unpaired) electrons. The summed E-state index contributed by atoms with van der Waals surface area (Å²) in [5, 5.41) is 78.1. The van der Waals surface area contributed by atoms with Crippen LogP contribution in [0.2, 0.25) is 0 Å². The fourth-order valence-corrected chi connectivity index (χ4v) is 4.95. The van der Waals surface area contributed by atoms with Crippen LogP contribution in [-0.2, 0) is 33.3 Å². The fourth-order valence-electron chi connectivity index (χ4n) is 4.95. The Hall–Kier alpha value is -3.58. The maximum atomic E-state index is 15.5. The third-order valence-electron chi connectivity index (χ3n) is 7.43. The second-order valence-corrected chi connectivity index (χ2v) is 9.86. The molecule has 2 amide bonds. The molecule has 2 heterocycles. The predicted octanol–water partition coefficient (Wildman–Crippen LogP) is -3.18. The molecule has 15 nitrogen and oxygen atoms in total. The highest BCUT2D eigenvalue weighted by molar-refractivity contribution is 6.03. The summed E-state index contributed by atoms with van der Waals surface area (Å²) in [6.45, 7) is -0.168. The van der Waals surface area contributed by atoms with Gasteiger partial charge in [-0.15, -0.1) is 0 Å². The van der Waals surface area contributed by atoms with Gasteiger partial charge in [0.05, 0.1) is 25.3 Å². The highest BCUT2D eigenvalue weighted by Gasteiger charge is 2.70. The molecule has 0 spiro atoms. The summed E-state index contributed by atoms with van der Waals surface area (Å²) in [5.74, 6) is -14.7. The Balaban J connectivity index is 1.64. The number of nitrogens with zero attached hydrogens (tertiary/aromatic N) is 2. The van der Waals surface area contributed by atoms with Gasteiger partial charge in [0.1, 0.15) is 5.82 Å². The number of amides is 2. The number of halogens is 1. The Morgan fingerprint density at radius 3 is 2.31 bits per heavy atom. The third kappa shape index (κ3) is 4.91. The van der Waals surface area contributed by atoms with Crippen molar-refractivity contribution >= 4 is 23.8 Å². The van der Waals surface area contributed by atoms with Crippen LogP contribution in [0.3, 0.4) is 0 Å². The van der Waals surface area contributed by atoms with Gasteiger partial charge in [0.15, 0.2) is 6.29 Å². The smallest absolute Gasteiger partial charge is 0.285 e. The molecule has 2 aromatic carbocycles. The number of hydrogen-bond acceptors (Lipinski definition) is 13. The monoisotopic (exact) mass is 594 g/mol. The zero-order chi connectivity index (χ0) is 31.1. The first-order chi connectivity index (χ1) is 19.6. The topological polar surface area (TPSA) is 233 Å². The lowest BCUT2D eigenvalue weighted by Gasteiger charge is -2.46. The van der Waals surface area contributed by atoms with Gasteiger partial charge in [-0.1, -0.05) is 18.2 Å². The van der Waals surface area contributed by atoms with Gasteiger partial charge in [0, 0.05) is 49.1 Å². The molecular formula is C26H31FN4O11. The van der Waals surface area contributed by atoms with Crippen molar-refractivity contribution in [3.8, 4) is 0 Å². The Bertz CT molecular complexity index is 1380. The zero-order valence-corrected chi connectivity index (χ0v) is 22.3. The van der Waals surface area contributed by atoms with Gasteiger partial charge in [-0.05, 0) is 18.2 Å². The molecule has 16 heteroatoms. The molecule has 2 aliphatic rings. The highest BCUT2D eigenvalue weighted by atomic mass is 19.1. The molecule has 1 fully saturated rings. The molecule has 228 valence electrons. The Morgan fingerprint density at radius 1 is 1.05 bits per heavy atom. The van der Waals surface area contributed by atoms with Crippen LogP contribution in [0.4, 0.5) is 10.1 Å². The van der Waals surface area contributed by atoms with Crippen molar-refractivity contribution in [1.29, 1.82) is 0 Å². The van der Waals surface area contributed by atoms with Gasteiger partial charge in [0.25, 0.3) is 35.0 Å². The number of hydrogen-bond donors (Lipinski definition) is 9. The maximum absolute atomic E-state index is 15.5. The number of aldehydes is 1. The number of anilines is 1. The van der Waals surface area contributed by atoms with Crippen LogP contribution >= 0.6 is 0 Å². The molecule has 2 aromatic rings. The standard InChI is InChI=1S/C26H31FN4O11/c1-28-22(34)24(37,26(40,41)23(35,36)14-32)31-13-17-16(21(31)33)5-3-7-19(17)29-12-15-4-2-6-18(20(15)27)25(38,39)30-8-10-42-11-9-30/h2-7,14,29,35-41H,8-13H2,1H3,(H,28,34). The van der Waals surface area contributed by atoms with E-state index in [4.69, 9.17) is 4.74 Å². The minimum absolute atomic E-state index is 0.00921. The van der Waals surface area contributed by atoms with Crippen LogP contribution in [0, 0.1) is 5.82 Å². The number of carbonyl (C=O) groups excluding carboxylic acids is 3. The predicted molar refractivity (Wildman–Crippen MR) is 138 cm³/mol. The number of benzene rings is 2. The van der Waals surface area contributed by atoms with Gasteiger partial charge in [0.2, 0.25) is 0 Å². The second kappa shape index (κ2) is 11.3. The van der Waals surface area contributed by atoms with Crippen LogP contribution in [0.5, 0.6) is 0 Å². The lowest BCUT2D eigenvalue weighted by atomic mass is 9.91. The van der Waals surface area contributed by atoms with E-state index in [1.165, 1.54) is 41.3 Å². The van der Waals surface area contributed by atoms with Crippen molar-refractivity contribution in [1.82, 2.24) is 15.1 Å². The first kappa shape index (κ1) is 31.4. The lowest BCUT2D eigenvalue weighted by molar-refractivity contribution is -0.398. The number of carbonyl (C=O) groups is 3. The van der Waals surface area contributed by atoms with Crippen LogP contribution in [-0.4, -0.2) is 114 Å². The summed E-state index contributed by atoms with van der Waals surface area (Å²) in [4.78, 5) is 38.6. The van der Waals surface area contributed by atoms with E-state index in [9.17, 15) is 50.1 Å². The minimum Gasteiger partial charge on any atom is -0.381 e. The Morgan fingerprint density at radius 2 is 1.69 bits per heavy atom. The normalized spacial score (nSPS) is 17.9. The van der Waals surface area contributed by atoms with Crippen LogP contribution in [0.15, 0.2) is 36.4 Å². The summed E-state index contributed by atoms with van der Waals surface area (Å²) in [6, 6.07) is 8.18. The molecule has 0 bridgehead atoms. The molecule has 9 N–H and O–H groups in total. The Kier molecular flexibility index (Phi) is 8.40. The van der Waals surface area contributed by atoms with E-state index in [0.29, 0.717) is 0 Å². The average Bonchev–Trinajstić information content (AvgIpc) is 3.32. The zero-order valence-electron chi connectivity index (χ0n) is 22.3. The molecule has 1 atom stereocenters. The van der Waals surface area contributed by atoms with E-state index < -0.39 is 59.2 Å². The van der Waals surface area contributed by atoms with Crippen LogP contribution in [0.1, 0.15) is 27.0 Å². The molecule has 0 saturated carbocycles. The summed E-state index contributed by atoms with van der Waals surface area (Å²) >= 11 is 0. The van der Waals surface area contributed by atoms with E-state index in [-0.39, 0.29) is 60.1 Å². The van der Waals surface area contributed by atoms with E-state index in [2.05, 4.69) is 5.32 Å². The van der Waals surface area contributed by atoms with Gasteiger partial charge in [-0.25, -0.2) is 9.29 Å². The van der Waals surface area contributed by atoms with E-state index in [0.717, 1.165) is 7.05 Å². The number of nitrogens with one attached hydrogen (secondary N) is 2. The average molecular weight is 595 g/mol. The van der Waals surface area contributed by atoms with Gasteiger partial charge >= 0.3 is 0 Å². The van der Waals surface area contributed by atoms with Crippen molar-refractivity contribution in [2.75, 3.05) is 38.7 Å². The first-order valence-electron chi connectivity index (χ1n) is 12.7. The quantitative estimate of drug-likeness (QED) is 0.0976. The van der Waals surface area contributed by atoms with Crippen LogP contribution in [0.25, 0.3) is 0 Å². The number of likely N-dealkylation sites (N-methyl/N-ethyl adjacent to an activating group) is 1. The van der Waals surface area contributed by atoms with E-state index in [1.807, 2.05) is 5.32 Å². The summed E-state index contributed by atoms with van der Waals surface area (Å²) in [5.41, 5.74) is -4.04. The molecule has 0 aromatic heterocycles. The third-order valence-corrected chi connectivity index (χ3v) is 7.43. The lowest BCUT2D eigenvalue weighted by Crippen LogP contribution is -2.78. The second-order valence-electron chi connectivity index (χ2n) is 9.86. The molecule has 4 rings (SSSR count). The maximum Gasteiger partial charge on any atom is 0.285 e. The van der Waals surface area contributed by atoms with Crippen molar-refractivity contribution in [3.63, 3.8) is 0 Å². The number of aliphatic hydroxyl groups is 7. The number of fused-ring (bicyclic) bond motifs is 1. The van der Waals surface area contributed by atoms with Gasteiger partial charge < -0.3 is 51.1 Å². The van der Waals surface area contributed by atoms with Crippen molar-refractivity contribution in [2.24, 2.45) is 0 Å². The minimum atomic E-state index is -4.31. The van der Waals surface area contributed by atoms with Gasteiger partial charge in [-0.2, -0.15) is 0 Å². The highest BCUT2D eigenvalue weighted by Crippen LogP contribution is 2.40. The molecular weight excluding hydrogens is 563 g/mol. The summed E-state index contributed by atoms with van der Waals surface area (Å²) in [7, 11) is 0.955. The SMILES string of the molecule is CNC(=O)C(O)(N1Cc2c(NCc3cccc(C(O)(O)N4CCOCC4)c3F)cccc2C1=O)C(O)(O)C(O)(O)C=O. The number of morpholine rings is 1. The summed E-state index contributed by atoms with van der Waals surface area (Å²) < 4.78 is 20.7. The van der Waals surface area contributed by atoms with Gasteiger partial charge in [-0.3, -0.25) is 19.3 Å². The molecule has 2 aliphatic heterocycles. The van der Waals surface area contributed by atoms with E-state index in [1.54, 1.807) is 0 Å². The summed E-state index contributed by atoms with van der Waals surface area (Å²) in [6.07, 6.45) is -0.739. The number of ether oxygens (including phenoxy) is 1. The van der Waals surface area contributed by atoms with E-state index >= 15 is 4.39 Å². The molecule has 0 aliphatic carbocycles. The Labute approximate surface area is 238 Å². The van der Waals surface area contributed by atoms with Crippen LogP contribution < -0.4 is 10.6 Å². The van der Waals surface area contributed by atoms with Crippen molar-refractivity contribution < 1.29 is 59.3 Å². The molecule has 1 saturated heterocycles. The van der Waals surface area contributed by atoms with Crippen molar-refractivity contribution in [3.05, 3.63) is 64.5 Å². The first-order valence-corrected chi connectivity index (χ1v) is 12.7. The van der Waals surface area contributed by atoms with Crippen molar-refractivity contribution in [2.45, 2.75) is 36.3 Å². The number of rotatable bonds is 10. The molecule has 42 heavy (non-hydrogen) atoms.